The molecule has 1 N–H and O–H groups in total. The first-order valence-corrected chi connectivity index (χ1v) is 5.68. The molecule has 0 spiro atoms. The van der Waals surface area contributed by atoms with Crippen molar-refractivity contribution in [2.24, 2.45) is 5.92 Å². The Labute approximate surface area is 125 Å². The van der Waals surface area contributed by atoms with Crippen LogP contribution in [0.4, 0.5) is 26.3 Å². The van der Waals surface area contributed by atoms with Crippen LogP contribution in [0, 0.1) is 5.92 Å². The van der Waals surface area contributed by atoms with Crippen LogP contribution in [0.2, 0.25) is 0 Å². The fourth-order valence-corrected chi connectivity index (χ4v) is 1.90. The summed E-state index contributed by atoms with van der Waals surface area (Å²) in [7, 11) is 0.389. The molecule has 1 amide bonds. The van der Waals surface area contributed by atoms with E-state index in [4.69, 9.17) is 0 Å². The molecule has 0 saturated carbocycles. The normalized spacial score (nSPS) is 14.9. The van der Waals surface area contributed by atoms with Crippen molar-refractivity contribution >= 4 is 23.4 Å². The number of hydrogen-bond acceptors (Lipinski definition) is 5. The van der Waals surface area contributed by atoms with Gasteiger partial charge in [0.2, 0.25) is 0 Å². The highest BCUT2D eigenvalue weighted by molar-refractivity contribution is 6.08. The summed E-state index contributed by atoms with van der Waals surface area (Å²) in [6, 6.07) is 0. The predicted molar refractivity (Wildman–Crippen MR) is 59.9 cm³/mol. The number of ketones is 2. The van der Waals surface area contributed by atoms with Crippen LogP contribution in [-0.2, 0) is 23.9 Å². The second-order valence-corrected chi connectivity index (χ2v) is 4.40. The molecule has 0 fully saturated rings. The van der Waals surface area contributed by atoms with Crippen LogP contribution in [0.1, 0.15) is 13.8 Å². The lowest BCUT2D eigenvalue weighted by Gasteiger charge is -2.37. The van der Waals surface area contributed by atoms with Crippen molar-refractivity contribution in [2.45, 2.75) is 31.7 Å². The number of carbonyl (C=O) groups is 4. The predicted octanol–water partition coefficient (Wildman–Crippen LogP) is 0.933. The minimum atomic E-state index is -5.93. The van der Waals surface area contributed by atoms with Gasteiger partial charge in [-0.3, -0.25) is 14.4 Å². The Balaban J connectivity index is 6.55. The van der Waals surface area contributed by atoms with Crippen LogP contribution in [0.15, 0.2) is 0 Å². The first-order chi connectivity index (χ1) is 10.1. The van der Waals surface area contributed by atoms with E-state index in [1.54, 1.807) is 0 Å². The van der Waals surface area contributed by atoms with Crippen LogP contribution in [-0.4, -0.2) is 48.4 Å². The zero-order valence-corrected chi connectivity index (χ0v) is 11.9. The molecule has 0 aromatic rings. The van der Waals surface area contributed by atoms with Gasteiger partial charge in [0.1, 0.15) is 17.5 Å². The van der Waals surface area contributed by atoms with Gasteiger partial charge >= 0.3 is 24.2 Å². The van der Waals surface area contributed by atoms with Gasteiger partial charge in [0.05, 0.1) is 7.11 Å². The third-order valence-electron chi connectivity index (χ3n) is 2.77. The summed E-state index contributed by atoms with van der Waals surface area (Å²) in [6.07, 6.45) is -11.7. The molecule has 132 valence electrons. The topological polar surface area (TPSA) is 89.5 Å². The van der Waals surface area contributed by atoms with Crippen molar-refractivity contribution < 1.29 is 50.3 Å². The summed E-state index contributed by atoms with van der Waals surface area (Å²) in [6.45, 7) is 0.907. The van der Waals surface area contributed by atoms with Crippen molar-refractivity contribution in [3.63, 3.8) is 0 Å². The molecule has 0 aliphatic carbocycles. The van der Waals surface area contributed by atoms with E-state index >= 15 is 0 Å². The van der Waals surface area contributed by atoms with Gasteiger partial charge in [-0.25, -0.2) is 4.79 Å². The standard InChI is InChI=1S/C11H11F6NO5/c1-4(19)6(5(2)20)9(8(22)23-3,11(15,16)17)18-7(21)10(12,13)14/h6H,1-3H3,(H,18,21)/t9-/m0/s1. The molecule has 0 rings (SSSR count). The molecular formula is C11H11F6NO5. The molecule has 0 radical (unpaired) electrons. The molecule has 0 bridgehead atoms. The molecule has 0 aromatic heterocycles. The fraction of sp³-hybridized carbons (Fsp3) is 0.636. The van der Waals surface area contributed by atoms with Gasteiger partial charge in [-0.15, -0.1) is 0 Å². The average molecular weight is 351 g/mol. The van der Waals surface area contributed by atoms with Gasteiger partial charge in [-0.2, -0.15) is 26.3 Å². The molecule has 0 aliphatic rings. The lowest BCUT2D eigenvalue weighted by molar-refractivity contribution is -0.229. The van der Waals surface area contributed by atoms with Crippen LogP contribution in [0.25, 0.3) is 0 Å². The zero-order chi connectivity index (χ0) is 18.8. The van der Waals surface area contributed by atoms with Gasteiger partial charge < -0.3 is 10.1 Å². The second-order valence-electron chi connectivity index (χ2n) is 4.40. The third-order valence-corrected chi connectivity index (χ3v) is 2.77. The molecule has 6 nitrogen and oxygen atoms in total. The lowest BCUT2D eigenvalue weighted by Crippen LogP contribution is -2.72. The quantitative estimate of drug-likeness (QED) is 0.452. The molecule has 1 atom stereocenters. The van der Waals surface area contributed by atoms with Crippen molar-refractivity contribution in [3.05, 3.63) is 0 Å². The first kappa shape index (κ1) is 20.9. The SMILES string of the molecule is COC(=O)[C@@](NC(=O)C(F)(F)F)(C(C(C)=O)C(C)=O)C(F)(F)F. The van der Waals surface area contributed by atoms with E-state index in [2.05, 4.69) is 4.74 Å². The number of halogens is 6. The number of esters is 1. The van der Waals surface area contributed by atoms with Crippen LogP contribution >= 0.6 is 0 Å². The van der Waals surface area contributed by atoms with E-state index in [0.29, 0.717) is 26.3 Å². The van der Waals surface area contributed by atoms with Gasteiger partial charge in [-0.05, 0) is 13.8 Å². The Morgan fingerprint density at radius 2 is 1.30 bits per heavy atom. The molecule has 23 heavy (non-hydrogen) atoms. The molecular weight excluding hydrogens is 340 g/mol. The second kappa shape index (κ2) is 6.54. The van der Waals surface area contributed by atoms with Crippen molar-refractivity contribution in [2.75, 3.05) is 7.11 Å². The van der Waals surface area contributed by atoms with E-state index in [-0.39, 0.29) is 0 Å². The molecule has 0 aromatic carbocycles. The average Bonchev–Trinajstić information content (AvgIpc) is 2.32. The smallest absolute Gasteiger partial charge is 0.467 e. The maximum atomic E-state index is 13.3. The fourth-order valence-electron chi connectivity index (χ4n) is 1.90. The van der Waals surface area contributed by atoms with Crippen LogP contribution < -0.4 is 5.32 Å². The summed E-state index contributed by atoms with van der Waals surface area (Å²) in [5, 5.41) is 0.419. The zero-order valence-electron chi connectivity index (χ0n) is 11.9. The Morgan fingerprint density at radius 3 is 1.52 bits per heavy atom. The summed E-state index contributed by atoms with van der Waals surface area (Å²) in [5.41, 5.74) is -4.49. The number of rotatable bonds is 5. The Kier molecular flexibility index (Phi) is 5.93. The van der Waals surface area contributed by atoms with Crippen molar-refractivity contribution in [1.82, 2.24) is 5.32 Å². The number of hydrogen-bond donors (Lipinski definition) is 1. The van der Waals surface area contributed by atoms with Crippen LogP contribution in [0.3, 0.4) is 0 Å². The maximum absolute atomic E-state index is 13.3. The Bertz CT molecular complexity index is 512. The molecule has 0 saturated heterocycles. The number of ether oxygens (including phenoxy) is 1. The van der Waals surface area contributed by atoms with E-state index in [0.717, 1.165) is 0 Å². The number of methoxy groups -OCH3 is 1. The highest BCUT2D eigenvalue weighted by atomic mass is 19.4. The van der Waals surface area contributed by atoms with E-state index < -0.39 is 47.3 Å². The summed E-state index contributed by atoms with van der Waals surface area (Å²) in [5.74, 6) is -11.7. The van der Waals surface area contributed by atoms with E-state index in [1.165, 1.54) is 0 Å². The lowest BCUT2D eigenvalue weighted by atomic mass is 9.77. The molecule has 0 aliphatic heterocycles. The minimum absolute atomic E-state index is 0.389. The number of carbonyl (C=O) groups excluding carboxylic acids is 4. The number of amides is 1. The van der Waals surface area contributed by atoms with E-state index in [1.807, 2.05) is 0 Å². The molecule has 0 unspecified atom stereocenters. The number of Topliss-reactive ketones (excluding diaryl/α,β-unsaturated/α-hetero) is 2. The van der Waals surface area contributed by atoms with E-state index in [9.17, 15) is 45.5 Å². The Hall–Kier alpha value is -2.14. The van der Waals surface area contributed by atoms with Gasteiger partial charge in [0, 0.05) is 0 Å². The van der Waals surface area contributed by atoms with Crippen molar-refractivity contribution in [1.29, 1.82) is 0 Å². The Morgan fingerprint density at radius 1 is 0.913 bits per heavy atom. The minimum Gasteiger partial charge on any atom is -0.467 e. The monoisotopic (exact) mass is 351 g/mol. The van der Waals surface area contributed by atoms with Crippen LogP contribution in [0.5, 0.6) is 0 Å². The highest BCUT2D eigenvalue weighted by Gasteiger charge is 2.70. The van der Waals surface area contributed by atoms with Crippen molar-refractivity contribution in [3.8, 4) is 0 Å². The number of alkyl halides is 6. The highest BCUT2D eigenvalue weighted by Crippen LogP contribution is 2.39. The summed E-state index contributed by atoms with van der Waals surface area (Å²) in [4.78, 5) is 45.2. The molecule has 12 heteroatoms. The number of nitrogens with one attached hydrogen (secondary N) is 1. The molecule has 0 heterocycles. The maximum Gasteiger partial charge on any atom is 0.471 e. The summed E-state index contributed by atoms with van der Waals surface area (Å²) >= 11 is 0. The largest absolute Gasteiger partial charge is 0.471 e. The summed E-state index contributed by atoms with van der Waals surface area (Å²) < 4.78 is 80.7. The third kappa shape index (κ3) is 3.99. The van der Waals surface area contributed by atoms with Gasteiger partial charge in [-0.1, -0.05) is 0 Å². The van der Waals surface area contributed by atoms with Gasteiger partial charge in [0.15, 0.2) is 0 Å². The van der Waals surface area contributed by atoms with Gasteiger partial charge in [0.25, 0.3) is 5.54 Å². The first-order valence-electron chi connectivity index (χ1n) is 5.68.